The summed E-state index contributed by atoms with van der Waals surface area (Å²) in [6, 6.07) is 12.6. The summed E-state index contributed by atoms with van der Waals surface area (Å²) in [7, 11) is 0. The van der Waals surface area contributed by atoms with Gasteiger partial charge in [-0.05, 0) is 75.4 Å². The van der Waals surface area contributed by atoms with Crippen LogP contribution >= 0.6 is 11.6 Å². The lowest BCUT2D eigenvalue weighted by Gasteiger charge is -2.53. The molecule has 190 valence electrons. The monoisotopic (exact) mass is 509 g/mol. The van der Waals surface area contributed by atoms with E-state index < -0.39 is 11.7 Å². The lowest BCUT2D eigenvalue weighted by atomic mass is 9.66. The van der Waals surface area contributed by atoms with Gasteiger partial charge in [0.2, 0.25) is 0 Å². The molecule has 1 aliphatic heterocycles. The van der Waals surface area contributed by atoms with Crippen molar-refractivity contribution in [2.24, 2.45) is 5.92 Å². The largest absolute Gasteiger partial charge is 0.481 e. The molecule has 1 aromatic heterocycles. The number of fused-ring (bicyclic) bond motifs is 2. The van der Waals surface area contributed by atoms with Crippen molar-refractivity contribution < 1.29 is 19.1 Å². The van der Waals surface area contributed by atoms with Crippen molar-refractivity contribution in [3.63, 3.8) is 0 Å². The molecular formula is C29H32ClNO5. The molecule has 5 rings (SSSR count). The summed E-state index contributed by atoms with van der Waals surface area (Å²) >= 11 is 6.15. The Morgan fingerprint density at radius 3 is 2.64 bits per heavy atom. The molecule has 2 aromatic carbocycles. The fraction of sp³-hybridized carbons (Fsp3) is 0.448. The van der Waals surface area contributed by atoms with Gasteiger partial charge in [-0.25, -0.2) is 4.79 Å². The minimum atomic E-state index is -0.769. The van der Waals surface area contributed by atoms with E-state index in [9.17, 15) is 14.7 Å². The maximum atomic E-state index is 13.8. The SMILES string of the molecule is Cc1c(C)c2ccc(O[C@H](C)C(=O)N3CC[C@]4(O)CCCC[C@H]4[C@@H]3c3ccc(Cl)cc3)cc2oc1=O. The Kier molecular flexibility index (Phi) is 6.60. The highest BCUT2D eigenvalue weighted by Crippen LogP contribution is 2.49. The van der Waals surface area contributed by atoms with Crippen LogP contribution in [0.5, 0.6) is 5.75 Å². The Labute approximate surface area is 215 Å². The standard InChI is InChI=1S/C29H32ClNO5/c1-17-18(2)28(33)36-25-16-22(11-12-23(17)25)35-19(3)27(32)31-15-14-29(34)13-5-4-6-24(29)26(31)20-7-9-21(30)10-8-20/h7-12,16,19,24,26,34H,4-6,13-15H2,1-3H3/t19-,24+,26+,29-/m1/s1. The molecule has 6 nitrogen and oxygen atoms in total. The van der Waals surface area contributed by atoms with E-state index in [2.05, 4.69) is 0 Å². The van der Waals surface area contributed by atoms with Gasteiger partial charge in [0, 0.05) is 34.5 Å². The second-order valence-corrected chi connectivity index (χ2v) is 10.7. The zero-order valence-electron chi connectivity index (χ0n) is 20.9. The van der Waals surface area contributed by atoms with Crippen LogP contribution in [0.4, 0.5) is 0 Å². The predicted octanol–water partition coefficient (Wildman–Crippen LogP) is 5.73. The summed E-state index contributed by atoms with van der Waals surface area (Å²) in [6.45, 7) is 5.83. The second-order valence-electron chi connectivity index (χ2n) is 10.3. The van der Waals surface area contributed by atoms with E-state index in [1.165, 1.54) is 0 Å². The maximum Gasteiger partial charge on any atom is 0.339 e. The summed E-state index contributed by atoms with van der Waals surface area (Å²) < 4.78 is 11.5. The van der Waals surface area contributed by atoms with Crippen LogP contribution in [0.25, 0.3) is 11.0 Å². The normalized spacial score (nSPS) is 24.9. The zero-order valence-corrected chi connectivity index (χ0v) is 21.7. The molecule has 3 aromatic rings. The predicted molar refractivity (Wildman–Crippen MR) is 139 cm³/mol. The van der Waals surface area contributed by atoms with Crippen LogP contribution in [0.3, 0.4) is 0 Å². The topological polar surface area (TPSA) is 80.0 Å². The third-order valence-electron chi connectivity index (χ3n) is 8.15. The molecule has 2 aliphatic rings. The van der Waals surface area contributed by atoms with Gasteiger partial charge in [-0.15, -0.1) is 0 Å². The van der Waals surface area contributed by atoms with E-state index in [-0.39, 0.29) is 23.5 Å². The molecular weight excluding hydrogens is 478 g/mol. The van der Waals surface area contributed by atoms with E-state index in [0.717, 1.165) is 42.2 Å². The van der Waals surface area contributed by atoms with Gasteiger partial charge in [0.1, 0.15) is 11.3 Å². The highest BCUT2D eigenvalue weighted by molar-refractivity contribution is 6.30. The van der Waals surface area contributed by atoms with E-state index in [4.69, 9.17) is 20.8 Å². The van der Waals surface area contributed by atoms with E-state index in [0.29, 0.717) is 34.9 Å². The first-order chi connectivity index (χ1) is 17.2. The first kappa shape index (κ1) is 24.8. The average molecular weight is 510 g/mol. The minimum Gasteiger partial charge on any atom is -0.481 e. The number of piperidine rings is 1. The van der Waals surface area contributed by atoms with Gasteiger partial charge in [-0.2, -0.15) is 0 Å². The quantitative estimate of drug-likeness (QED) is 0.454. The van der Waals surface area contributed by atoms with E-state index in [1.54, 1.807) is 26.0 Å². The minimum absolute atomic E-state index is 0.0431. The molecule has 1 amide bonds. The molecule has 0 bridgehead atoms. The van der Waals surface area contributed by atoms with Crippen molar-refractivity contribution in [2.45, 2.75) is 70.6 Å². The molecule has 1 aliphatic carbocycles. The maximum absolute atomic E-state index is 13.8. The van der Waals surface area contributed by atoms with Gasteiger partial charge in [0.05, 0.1) is 11.6 Å². The van der Waals surface area contributed by atoms with Gasteiger partial charge in [0.15, 0.2) is 6.10 Å². The molecule has 4 atom stereocenters. The lowest BCUT2D eigenvalue weighted by molar-refractivity contribution is -0.161. The summed E-state index contributed by atoms with van der Waals surface area (Å²) in [5.74, 6) is 0.284. The summed E-state index contributed by atoms with van der Waals surface area (Å²) in [4.78, 5) is 27.8. The molecule has 1 saturated heterocycles. The Morgan fingerprint density at radius 2 is 1.89 bits per heavy atom. The number of aliphatic hydroxyl groups is 1. The Balaban J connectivity index is 1.43. The van der Waals surface area contributed by atoms with Crippen LogP contribution in [-0.4, -0.2) is 34.2 Å². The van der Waals surface area contributed by atoms with Crippen molar-refractivity contribution >= 4 is 28.5 Å². The van der Waals surface area contributed by atoms with Gasteiger partial charge in [-0.3, -0.25) is 4.79 Å². The summed E-state index contributed by atoms with van der Waals surface area (Å²) in [5, 5.41) is 13.0. The third-order valence-corrected chi connectivity index (χ3v) is 8.40. The van der Waals surface area contributed by atoms with Crippen LogP contribution in [-0.2, 0) is 4.79 Å². The molecule has 0 spiro atoms. The molecule has 1 saturated carbocycles. The first-order valence-corrected chi connectivity index (χ1v) is 13.0. The van der Waals surface area contributed by atoms with Crippen molar-refractivity contribution in [3.8, 4) is 5.75 Å². The molecule has 0 unspecified atom stereocenters. The van der Waals surface area contributed by atoms with Crippen LogP contribution in [0.2, 0.25) is 5.02 Å². The van der Waals surface area contributed by atoms with E-state index in [1.807, 2.05) is 42.2 Å². The molecule has 2 heterocycles. The van der Waals surface area contributed by atoms with Crippen molar-refractivity contribution in [3.05, 3.63) is 74.6 Å². The van der Waals surface area contributed by atoms with Crippen LogP contribution in [0, 0.1) is 19.8 Å². The van der Waals surface area contributed by atoms with Crippen LogP contribution in [0.15, 0.2) is 51.7 Å². The fourth-order valence-electron chi connectivity index (χ4n) is 5.99. The third kappa shape index (κ3) is 4.41. The van der Waals surface area contributed by atoms with E-state index >= 15 is 0 Å². The number of nitrogens with zero attached hydrogens (tertiary/aromatic N) is 1. The molecule has 2 fully saturated rings. The van der Waals surface area contributed by atoms with Crippen molar-refractivity contribution in [2.75, 3.05) is 6.54 Å². The smallest absolute Gasteiger partial charge is 0.339 e. The molecule has 7 heteroatoms. The van der Waals surface area contributed by atoms with Crippen molar-refractivity contribution in [1.82, 2.24) is 4.90 Å². The Hall–Kier alpha value is -2.83. The van der Waals surface area contributed by atoms with Gasteiger partial charge >= 0.3 is 5.63 Å². The number of rotatable bonds is 4. The number of aryl methyl sites for hydroxylation is 1. The highest BCUT2D eigenvalue weighted by Gasteiger charge is 2.50. The number of ether oxygens (including phenoxy) is 1. The summed E-state index contributed by atoms with van der Waals surface area (Å²) in [6.07, 6.45) is 3.46. The number of carbonyl (C=O) groups excluding carboxylic acids is 1. The van der Waals surface area contributed by atoms with Gasteiger partial charge in [0.25, 0.3) is 5.91 Å². The zero-order chi connectivity index (χ0) is 25.6. The van der Waals surface area contributed by atoms with Crippen LogP contribution < -0.4 is 10.4 Å². The average Bonchev–Trinajstić information content (AvgIpc) is 2.86. The first-order valence-electron chi connectivity index (χ1n) is 12.7. The number of halogens is 1. The number of benzene rings is 2. The van der Waals surface area contributed by atoms with Gasteiger partial charge in [-0.1, -0.05) is 36.6 Å². The number of hydrogen-bond donors (Lipinski definition) is 1. The number of hydrogen-bond acceptors (Lipinski definition) is 5. The highest BCUT2D eigenvalue weighted by atomic mass is 35.5. The fourth-order valence-corrected chi connectivity index (χ4v) is 6.12. The van der Waals surface area contributed by atoms with Gasteiger partial charge < -0.3 is 19.2 Å². The number of amides is 1. The molecule has 0 radical (unpaired) electrons. The molecule has 36 heavy (non-hydrogen) atoms. The number of likely N-dealkylation sites (tertiary alicyclic amines) is 1. The van der Waals surface area contributed by atoms with Crippen LogP contribution in [0.1, 0.15) is 61.8 Å². The number of carbonyl (C=O) groups is 1. The Bertz CT molecular complexity index is 1350. The van der Waals surface area contributed by atoms with Crippen molar-refractivity contribution in [1.29, 1.82) is 0 Å². The molecule has 1 N–H and O–H groups in total. The Morgan fingerprint density at radius 1 is 1.14 bits per heavy atom. The lowest BCUT2D eigenvalue weighted by Crippen LogP contribution is -2.58. The summed E-state index contributed by atoms with van der Waals surface area (Å²) in [5.41, 5.74) is 1.72. The second kappa shape index (κ2) is 9.56.